The van der Waals surface area contributed by atoms with Gasteiger partial charge in [-0.1, -0.05) is 244 Å². The SMILES string of the molecule is CC/C=C\C/C=C\C/C=C\C/C=C\C/C=C\C/C=C\C/C=C\CCCCCCCC(=O)OCC(COC(=O)CCCCCCC/C=C\C/C=C\C/C=C\CC)OC(=O)CCCCCCC/C=C\C/C=C\CCCCCC. The molecule has 0 bridgehead atoms. The molecule has 0 saturated carbocycles. The van der Waals surface area contributed by atoms with Gasteiger partial charge in [0.25, 0.3) is 0 Å². The van der Waals surface area contributed by atoms with Crippen LogP contribution in [-0.4, -0.2) is 37.2 Å². The zero-order valence-electron chi connectivity index (χ0n) is 49.0. The molecule has 1 atom stereocenters. The minimum absolute atomic E-state index is 0.104. The smallest absolute Gasteiger partial charge is 0.306 e. The second-order valence-electron chi connectivity index (χ2n) is 19.8. The quantitative estimate of drug-likeness (QED) is 0.0261. The van der Waals surface area contributed by atoms with Crippen molar-refractivity contribution in [3.63, 3.8) is 0 Å². The normalized spacial score (nSPS) is 13.1. The molecule has 0 aliphatic carbocycles. The monoisotopic (exact) mass is 1050 g/mol. The van der Waals surface area contributed by atoms with E-state index in [0.29, 0.717) is 19.3 Å². The summed E-state index contributed by atoms with van der Waals surface area (Å²) in [6, 6.07) is 0. The summed E-state index contributed by atoms with van der Waals surface area (Å²) in [6.45, 7) is 6.35. The van der Waals surface area contributed by atoms with Gasteiger partial charge in [-0.2, -0.15) is 0 Å². The molecular formula is C70H112O6. The van der Waals surface area contributed by atoms with Crippen LogP contribution in [0.2, 0.25) is 0 Å². The van der Waals surface area contributed by atoms with E-state index in [2.05, 4.69) is 167 Å². The molecule has 6 nitrogen and oxygen atoms in total. The maximum atomic E-state index is 12.9. The Labute approximate surface area is 467 Å². The van der Waals surface area contributed by atoms with Gasteiger partial charge in [-0.3, -0.25) is 14.4 Å². The third-order valence-corrected chi connectivity index (χ3v) is 12.6. The predicted molar refractivity (Wildman–Crippen MR) is 329 cm³/mol. The van der Waals surface area contributed by atoms with Crippen LogP contribution in [0.5, 0.6) is 0 Å². The number of carbonyl (C=O) groups is 3. The van der Waals surface area contributed by atoms with Crippen molar-refractivity contribution in [3.05, 3.63) is 146 Å². The van der Waals surface area contributed by atoms with E-state index in [1.165, 1.54) is 32.1 Å². The van der Waals surface area contributed by atoms with E-state index in [0.717, 1.165) is 186 Å². The summed E-state index contributed by atoms with van der Waals surface area (Å²) in [7, 11) is 0. The summed E-state index contributed by atoms with van der Waals surface area (Å²) in [5.74, 6) is -0.956. The number of allylic oxidation sites excluding steroid dienone is 24. The van der Waals surface area contributed by atoms with Crippen molar-refractivity contribution in [1.29, 1.82) is 0 Å². The minimum Gasteiger partial charge on any atom is -0.462 e. The van der Waals surface area contributed by atoms with Crippen LogP contribution in [0, 0.1) is 0 Å². The molecule has 0 N–H and O–H groups in total. The van der Waals surface area contributed by atoms with Gasteiger partial charge in [0.05, 0.1) is 0 Å². The molecule has 0 heterocycles. The molecule has 0 rings (SSSR count). The predicted octanol–water partition coefficient (Wildman–Crippen LogP) is 21.2. The Kier molecular flexibility index (Phi) is 58.9. The second-order valence-corrected chi connectivity index (χ2v) is 19.8. The lowest BCUT2D eigenvalue weighted by molar-refractivity contribution is -0.167. The molecule has 428 valence electrons. The highest BCUT2D eigenvalue weighted by Crippen LogP contribution is 2.14. The minimum atomic E-state index is -0.808. The average Bonchev–Trinajstić information content (AvgIpc) is 3.42. The van der Waals surface area contributed by atoms with Crippen molar-refractivity contribution in [2.45, 2.75) is 264 Å². The van der Waals surface area contributed by atoms with Gasteiger partial charge in [-0.05, 0) is 141 Å². The second kappa shape index (κ2) is 62.8. The largest absolute Gasteiger partial charge is 0.462 e. The van der Waals surface area contributed by atoms with Crippen molar-refractivity contribution < 1.29 is 28.6 Å². The summed E-state index contributed by atoms with van der Waals surface area (Å²) >= 11 is 0. The van der Waals surface area contributed by atoms with E-state index >= 15 is 0 Å². The number of ether oxygens (including phenoxy) is 3. The van der Waals surface area contributed by atoms with E-state index < -0.39 is 6.10 Å². The summed E-state index contributed by atoms with van der Waals surface area (Å²) in [6.07, 6.45) is 89.8. The number of hydrogen-bond acceptors (Lipinski definition) is 6. The van der Waals surface area contributed by atoms with E-state index in [4.69, 9.17) is 14.2 Å². The van der Waals surface area contributed by atoms with Gasteiger partial charge < -0.3 is 14.2 Å². The molecule has 0 fully saturated rings. The van der Waals surface area contributed by atoms with Gasteiger partial charge in [-0.15, -0.1) is 0 Å². The van der Waals surface area contributed by atoms with Crippen LogP contribution in [0.3, 0.4) is 0 Å². The summed E-state index contributed by atoms with van der Waals surface area (Å²) < 4.78 is 16.9. The topological polar surface area (TPSA) is 78.9 Å². The van der Waals surface area contributed by atoms with Crippen molar-refractivity contribution in [1.82, 2.24) is 0 Å². The molecule has 0 radical (unpaired) electrons. The molecule has 6 heteroatoms. The van der Waals surface area contributed by atoms with E-state index in [9.17, 15) is 14.4 Å². The maximum Gasteiger partial charge on any atom is 0.306 e. The number of hydrogen-bond donors (Lipinski definition) is 0. The lowest BCUT2D eigenvalue weighted by Crippen LogP contribution is -2.30. The fourth-order valence-electron chi connectivity index (χ4n) is 8.00. The van der Waals surface area contributed by atoms with Crippen LogP contribution in [0.1, 0.15) is 258 Å². The first-order valence-electron chi connectivity index (χ1n) is 30.8. The molecule has 0 amide bonds. The Balaban J connectivity index is 4.44. The van der Waals surface area contributed by atoms with Gasteiger partial charge in [0, 0.05) is 19.3 Å². The molecule has 0 aromatic heterocycles. The average molecular weight is 1050 g/mol. The molecule has 0 aliphatic heterocycles. The Morgan fingerprint density at radius 3 is 0.803 bits per heavy atom. The first-order chi connectivity index (χ1) is 37.5. The van der Waals surface area contributed by atoms with Crippen molar-refractivity contribution in [2.75, 3.05) is 13.2 Å². The van der Waals surface area contributed by atoms with Crippen LogP contribution in [0.4, 0.5) is 0 Å². The van der Waals surface area contributed by atoms with Crippen molar-refractivity contribution in [3.8, 4) is 0 Å². The van der Waals surface area contributed by atoms with E-state index in [-0.39, 0.29) is 31.1 Å². The molecule has 0 spiro atoms. The number of rotatable bonds is 54. The third kappa shape index (κ3) is 60.2. The van der Waals surface area contributed by atoms with Gasteiger partial charge in [0.15, 0.2) is 6.10 Å². The zero-order valence-corrected chi connectivity index (χ0v) is 49.0. The first kappa shape index (κ1) is 71.3. The molecule has 0 aromatic carbocycles. The van der Waals surface area contributed by atoms with Gasteiger partial charge >= 0.3 is 17.9 Å². The summed E-state index contributed by atoms with van der Waals surface area (Å²) in [5, 5.41) is 0. The van der Waals surface area contributed by atoms with Crippen molar-refractivity contribution in [2.24, 2.45) is 0 Å². The van der Waals surface area contributed by atoms with Gasteiger partial charge in [-0.25, -0.2) is 0 Å². The third-order valence-electron chi connectivity index (χ3n) is 12.6. The molecule has 1 unspecified atom stereocenters. The molecule has 76 heavy (non-hydrogen) atoms. The van der Waals surface area contributed by atoms with Crippen LogP contribution in [0.15, 0.2) is 146 Å². The van der Waals surface area contributed by atoms with Crippen LogP contribution in [0.25, 0.3) is 0 Å². The fraction of sp³-hybridized carbons (Fsp3) is 0.614. The number of carbonyl (C=O) groups excluding carboxylic acids is 3. The first-order valence-corrected chi connectivity index (χ1v) is 30.8. The van der Waals surface area contributed by atoms with Crippen LogP contribution < -0.4 is 0 Å². The van der Waals surface area contributed by atoms with Crippen LogP contribution in [-0.2, 0) is 28.6 Å². The summed E-state index contributed by atoms with van der Waals surface area (Å²) in [4.78, 5) is 38.3. The molecule has 0 aliphatic rings. The van der Waals surface area contributed by atoms with E-state index in [1.807, 2.05) is 0 Å². The maximum absolute atomic E-state index is 12.9. The van der Waals surface area contributed by atoms with Crippen LogP contribution >= 0.6 is 0 Å². The highest BCUT2D eigenvalue weighted by molar-refractivity contribution is 5.71. The highest BCUT2D eigenvalue weighted by Gasteiger charge is 2.19. The highest BCUT2D eigenvalue weighted by atomic mass is 16.6. The Morgan fingerprint density at radius 2 is 0.513 bits per heavy atom. The lowest BCUT2D eigenvalue weighted by atomic mass is 10.1. The Morgan fingerprint density at radius 1 is 0.276 bits per heavy atom. The van der Waals surface area contributed by atoms with E-state index in [1.54, 1.807) is 0 Å². The summed E-state index contributed by atoms with van der Waals surface area (Å²) in [5.41, 5.74) is 0. The molecular weight excluding hydrogens is 937 g/mol. The van der Waals surface area contributed by atoms with Gasteiger partial charge in [0.2, 0.25) is 0 Å². The zero-order chi connectivity index (χ0) is 55.0. The molecule has 0 aromatic rings. The molecule has 0 saturated heterocycles. The van der Waals surface area contributed by atoms with Crippen molar-refractivity contribution >= 4 is 17.9 Å². The lowest BCUT2D eigenvalue weighted by Gasteiger charge is -2.18. The number of unbranched alkanes of at least 4 members (excludes halogenated alkanes) is 19. The Bertz CT molecular complexity index is 1680. The standard InChI is InChI=1S/C70H112O6/c1-4-7-10-13-16-19-22-25-28-30-31-32-33-34-35-36-37-38-39-40-43-45-48-51-54-57-60-63-69(72)75-66-67(65-74-68(71)62-59-56-53-50-47-44-41-27-24-21-18-15-12-9-6-3)76-70(73)64-61-58-55-52-49-46-42-29-26-23-20-17-14-11-8-5-2/h7,9-10,12,16,18-21,23,25,27-29,31-32,34-35,37-38,40-43,67H,4-6,8,11,13-15,17,22,24,26,30,33,36,39,44-66H2,1-3H3/b10-7-,12-9-,19-16-,21-18-,23-20-,28-25-,32-31-,35-34-,38-37-,41-27-,42-29-,43-40-. The Hall–Kier alpha value is -4.71. The van der Waals surface area contributed by atoms with Gasteiger partial charge in [0.1, 0.15) is 13.2 Å². The fourth-order valence-corrected chi connectivity index (χ4v) is 8.00. The number of esters is 3.